The van der Waals surface area contributed by atoms with Gasteiger partial charge in [0.2, 0.25) is 0 Å². The van der Waals surface area contributed by atoms with Crippen LogP contribution in [0.4, 0.5) is 4.48 Å². The molecule has 2 aromatic rings. The molecule has 0 fully saturated rings. The third-order valence-electron chi connectivity index (χ3n) is 2.18. The van der Waals surface area contributed by atoms with Gasteiger partial charge in [-0.15, -0.1) is 0 Å². The molecule has 0 aliphatic heterocycles. The van der Waals surface area contributed by atoms with Crippen molar-refractivity contribution < 1.29 is 9.28 Å². The first-order valence-electron chi connectivity index (χ1n) is 4.17. The lowest BCUT2D eigenvalue weighted by atomic mass is 10.1. The van der Waals surface area contributed by atoms with Crippen molar-refractivity contribution in [1.29, 1.82) is 0 Å². The SMILES string of the molecule is Cc1ccc2c(C(N)=O)cn(F)c2c1. The second kappa shape index (κ2) is 2.83. The predicted molar refractivity (Wildman–Crippen MR) is 51.7 cm³/mol. The lowest BCUT2D eigenvalue weighted by Crippen LogP contribution is -2.09. The Labute approximate surface area is 79.9 Å². The number of hydrogen-bond donors (Lipinski definition) is 1. The van der Waals surface area contributed by atoms with Crippen LogP contribution in [0.2, 0.25) is 0 Å². The van der Waals surface area contributed by atoms with Crippen LogP contribution in [0.1, 0.15) is 15.9 Å². The zero-order chi connectivity index (χ0) is 10.3. The second-order valence-corrected chi connectivity index (χ2v) is 3.24. The Hall–Kier alpha value is -1.84. The molecule has 1 aromatic carbocycles. The van der Waals surface area contributed by atoms with Crippen molar-refractivity contribution in [2.45, 2.75) is 6.92 Å². The molecule has 3 nitrogen and oxygen atoms in total. The van der Waals surface area contributed by atoms with Gasteiger partial charge in [-0.1, -0.05) is 16.6 Å². The molecule has 0 aliphatic carbocycles. The number of carbonyl (C=O) groups is 1. The van der Waals surface area contributed by atoms with Gasteiger partial charge in [-0.2, -0.15) is 4.79 Å². The summed E-state index contributed by atoms with van der Waals surface area (Å²) in [5.41, 5.74) is 6.63. The highest BCUT2D eigenvalue weighted by Gasteiger charge is 2.12. The van der Waals surface area contributed by atoms with E-state index in [1.165, 1.54) is 0 Å². The number of aromatic nitrogens is 1. The van der Waals surface area contributed by atoms with Crippen LogP contribution in [0.15, 0.2) is 24.4 Å². The molecule has 0 saturated heterocycles. The number of rotatable bonds is 1. The fraction of sp³-hybridized carbons (Fsp3) is 0.100. The Bertz CT molecular complexity index is 516. The van der Waals surface area contributed by atoms with Crippen LogP contribution in [0, 0.1) is 6.92 Å². The molecule has 0 aliphatic rings. The highest BCUT2D eigenvalue weighted by Crippen LogP contribution is 2.22. The van der Waals surface area contributed by atoms with E-state index in [-0.39, 0.29) is 5.56 Å². The van der Waals surface area contributed by atoms with Crippen molar-refractivity contribution in [3.8, 4) is 0 Å². The second-order valence-electron chi connectivity index (χ2n) is 3.24. The Morgan fingerprint density at radius 3 is 2.86 bits per heavy atom. The van der Waals surface area contributed by atoms with Crippen LogP contribution in [0.5, 0.6) is 0 Å². The fourth-order valence-corrected chi connectivity index (χ4v) is 1.49. The summed E-state index contributed by atoms with van der Waals surface area (Å²) in [6.07, 6.45) is 1.10. The van der Waals surface area contributed by atoms with Crippen LogP contribution in [-0.4, -0.2) is 10.7 Å². The van der Waals surface area contributed by atoms with Crippen LogP contribution in [-0.2, 0) is 0 Å². The van der Waals surface area contributed by atoms with E-state index in [0.717, 1.165) is 11.8 Å². The van der Waals surface area contributed by atoms with Gasteiger partial charge in [0.15, 0.2) is 0 Å². The number of halogens is 1. The van der Waals surface area contributed by atoms with Gasteiger partial charge in [-0.05, 0) is 18.6 Å². The summed E-state index contributed by atoms with van der Waals surface area (Å²) in [6.45, 7) is 1.86. The average Bonchev–Trinajstić information content (AvgIpc) is 2.44. The molecule has 2 N–H and O–H groups in total. The number of nitrogens with zero attached hydrogens (tertiary/aromatic N) is 1. The van der Waals surface area contributed by atoms with E-state index in [4.69, 9.17) is 5.73 Å². The molecule has 0 atom stereocenters. The number of primary amides is 1. The Balaban J connectivity index is 2.84. The van der Waals surface area contributed by atoms with Gasteiger partial charge in [0, 0.05) is 5.39 Å². The molecule has 2 rings (SSSR count). The topological polar surface area (TPSA) is 48.0 Å². The van der Waals surface area contributed by atoms with Crippen LogP contribution in [0.3, 0.4) is 0 Å². The number of aryl methyl sites for hydroxylation is 1. The van der Waals surface area contributed by atoms with E-state index in [0.29, 0.717) is 15.7 Å². The van der Waals surface area contributed by atoms with Crippen LogP contribution >= 0.6 is 0 Å². The Kier molecular flexibility index (Phi) is 1.77. The third-order valence-corrected chi connectivity index (χ3v) is 2.18. The molecule has 0 unspecified atom stereocenters. The standard InChI is InChI=1S/C10H9FN2O/c1-6-2-3-7-8(10(12)14)5-13(11)9(7)4-6/h2-5H,1H3,(H2,12,14). The van der Waals surface area contributed by atoms with E-state index in [9.17, 15) is 9.28 Å². The highest BCUT2D eigenvalue weighted by atomic mass is 19.2. The number of carbonyl (C=O) groups excluding carboxylic acids is 1. The van der Waals surface area contributed by atoms with E-state index < -0.39 is 5.91 Å². The van der Waals surface area contributed by atoms with Crippen molar-refractivity contribution in [2.75, 3.05) is 0 Å². The maximum Gasteiger partial charge on any atom is 0.250 e. The molecule has 1 amide bonds. The molecule has 0 bridgehead atoms. The minimum Gasteiger partial charge on any atom is -0.366 e. The third kappa shape index (κ3) is 1.16. The highest BCUT2D eigenvalue weighted by molar-refractivity contribution is 6.06. The largest absolute Gasteiger partial charge is 0.366 e. The molecule has 0 spiro atoms. The monoisotopic (exact) mass is 192 g/mol. The average molecular weight is 192 g/mol. The minimum atomic E-state index is -0.616. The van der Waals surface area contributed by atoms with Crippen molar-refractivity contribution >= 4 is 16.8 Å². The van der Waals surface area contributed by atoms with Gasteiger partial charge in [-0.3, -0.25) is 4.79 Å². The lowest BCUT2D eigenvalue weighted by molar-refractivity contribution is 0.100. The number of fused-ring (bicyclic) bond motifs is 1. The van der Waals surface area contributed by atoms with E-state index in [1.54, 1.807) is 12.1 Å². The molecule has 4 heteroatoms. The van der Waals surface area contributed by atoms with Gasteiger partial charge in [0.25, 0.3) is 5.91 Å². The molecule has 0 radical (unpaired) electrons. The molecule has 14 heavy (non-hydrogen) atoms. The summed E-state index contributed by atoms with van der Waals surface area (Å²) >= 11 is 0. The van der Waals surface area contributed by atoms with Gasteiger partial charge in [0.05, 0.1) is 17.3 Å². The maximum atomic E-state index is 13.3. The number of amides is 1. The van der Waals surface area contributed by atoms with Crippen LogP contribution in [0.25, 0.3) is 10.9 Å². The first-order valence-corrected chi connectivity index (χ1v) is 4.17. The Morgan fingerprint density at radius 1 is 1.50 bits per heavy atom. The summed E-state index contributed by atoms with van der Waals surface area (Å²) in [6, 6.07) is 5.18. The van der Waals surface area contributed by atoms with Crippen molar-refractivity contribution in [3.63, 3.8) is 0 Å². The van der Waals surface area contributed by atoms with E-state index >= 15 is 0 Å². The summed E-state index contributed by atoms with van der Waals surface area (Å²) in [7, 11) is 0. The van der Waals surface area contributed by atoms with Gasteiger partial charge in [0.1, 0.15) is 0 Å². The van der Waals surface area contributed by atoms with Crippen molar-refractivity contribution in [2.24, 2.45) is 5.73 Å². The Morgan fingerprint density at radius 2 is 2.21 bits per heavy atom. The minimum absolute atomic E-state index is 0.211. The van der Waals surface area contributed by atoms with Gasteiger partial charge < -0.3 is 5.73 Å². The van der Waals surface area contributed by atoms with E-state index in [2.05, 4.69) is 0 Å². The summed E-state index contributed by atoms with van der Waals surface area (Å²) in [5, 5.41) is 0.547. The molecule has 0 saturated carbocycles. The molecule has 72 valence electrons. The summed E-state index contributed by atoms with van der Waals surface area (Å²) in [4.78, 5) is 11.4. The number of benzene rings is 1. The first-order chi connectivity index (χ1) is 6.59. The van der Waals surface area contributed by atoms with Crippen molar-refractivity contribution in [1.82, 2.24) is 4.79 Å². The maximum absolute atomic E-state index is 13.3. The number of nitrogens with two attached hydrogens (primary N) is 1. The summed E-state index contributed by atoms with van der Waals surface area (Å²) < 4.78 is 13.3. The fourth-order valence-electron chi connectivity index (χ4n) is 1.49. The number of hydrogen-bond acceptors (Lipinski definition) is 1. The quantitative estimate of drug-likeness (QED) is 0.735. The first kappa shape index (κ1) is 8.74. The lowest BCUT2D eigenvalue weighted by Gasteiger charge is -1.94. The van der Waals surface area contributed by atoms with Crippen molar-refractivity contribution in [3.05, 3.63) is 35.5 Å². The smallest absolute Gasteiger partial charge is 0.250 e. The molecule has 1 aromatic heterocycles. The molecular formula is C10H9FN2O. The predicted octanol–water partition coefficient (Wildman–Crippen LogP) is 1.78. The van der Waals surface area contributed by atoms with Gasteiger partial charge >= 0.3 is 0 Å². The van der Waals surface area contributed by atoms with Gasteiger partial charge in [-0.25, -0.2) is 0 Å². The zero-order valence-electron chi connectivity index (χ0n) is 7.62. The summed E-state index contributed by atoms with van der Waals surface area (Å²) in [5.74, 6) is -0.616. The zero-order valence-corrected chi connectivity index (χ0v) is 7.62. The van der Waals surface area contributed by atoms with Crippen LogP contribution < -0.4 is 5.73 Å². The molecular weight excluding hydrogens is 183 g/mol. The normalized spacial score (nSPS) is 10.7. The molecule has 1 heterocycles. The van der Waals surface area contributed by atoms with E-state index in [1.807, 2.05) is 13.0 Å².